The lowest BCUT2D eigenvalue weighted by Gasteiger charge is -2.35. The molecule has 19 heavy (non-hydrogen) atoms. The molecule has 1 saturated heterocycles. The van der Waals surface area contributed by atoms with Crippen LogP contribution in [0.4, 0.5) is 0 Å². The molecule has 1 amide bonds. The summed E-state index contributed by atoms with van der Waals surface area (Å²) in [5, 5.41) is 3.14. The van der Waals surface area contributed by atoms with Gasteiger partial charge in [0.1, 0.15) is 0 Å². The molecule has 0 saturated carbocycles. The molecule has 4 heteroatoms. The first-order chi connectivity index (χ1) is 8.67. The fourth-order valence-electron chi connectivity index (χ4n) is 2.80. The van der Waals surface area contributed by atoms with Gasteiger partial charge in [0.15, 0.2) is 0 Å². The zero-order valence-electron chi connectivity index (χ0n) is 13.2. The van der Waals surface area contributed by atoms with Crippen molar-refractivity contribution in [2.24, 2.45) is 11.1 Å². The van der Waals surface area contributed by atoms with Gasteiger partial charge in [0.2, 0.25) is 5.91 Å². The number of amides is 1. The van der Waals surface area contributed by atoms with Crippen molar-refractivity contribution < 1.29 is 4.79 Å². The highest BCUT2D eigenvalue weighted by atomic mass is 16.1. The highest BCUT2D eigenvalue weighted by Gasteiger charge is 2.25. The lowest BCUT2D eigenvalue weighted by atomic mass is 9.87. The van der Waals surface area contributed by atoms with Gasteiger partial charge in [-0.3, -0.25) is 4.79 Å². The Hall–Kier alpha value is -0.610. The molecule has 1 rings (SSSR count). The Labute approximate surface area is 118 Å². The molecular formula is C15H31N3O. The highest BCUT2D eigenvalue weighted by molar-refractivity contribution is 5.76. The molecule has 0 aliphatic carbocycles. The third-order valence-corrected chi connectivity index (χ3v) is 3.90. The molecule has 3 N–H and O–H groups in total. The zero-order valence-corrected chi connectivity index (χ0v) is 13.2. The molecule has 4 nitrogen and oxygen atoms in total. The number of piperidine rings is 1. The highest BCUT2D eigenvalue weighted by Crippen LogP contribution is 2.21. The molecular weight excluding hydrogens is 238 g/mol. The first kappa shape index (κ1) is 16.4. The van der Waals surface area contributed by atoms with E-state index < -0.39 is 0 Å². The fourth-order valence-corrected chi connectivity index (χ4v) is 2.80. The Kier molecular flexibility index (Phi) is 5.81. The van der Waals surface area contributed by atoms with Crippen molar-refractivity contribution in [2.75, 3.05) is 13.6 Å². The average Bonchev–Trinajstić information content (AvgIpc) is 2.20. The van der Waals surface area contributed by atoms with Crippen LogP contribution in [-0.4, -0.2) is 42.5 Å². The van der Waals surface area contributed by atoms with Crippen molar-refractivity contribution in [1.29, 1.82) is 0 Å². The maximum absolute atomic E-state index is 12.0. The van der Waals surface area contributed by atoms with Crippen LogP contribution < -0.4 is 11.1 Å². The van der Waals surface area contributed by atoms with E-state index in [0.29, 0.717) is 18.5 Å². The van der Waals surface area contributed by atoms with Crippen LogP contribution in [0.15, 0.2) is 0 Å². The van der Waals surface area contributed by atoms with Crippen molar-refractivity contribution in [2.45, 2.75) is 71.5 Å². The number of carbonyl (C=O) groups is 1. The quantitative estimate of drug-likeness (QED) is 0.817. The van der Waals surface area contributed by atoms with Crippen LogP contribution in [-0.2, 0) is 4.79 Å². The number of nitrogens with zero attached hydrogens (tertiary/aromatic N) is 1. The van der Waals surface area contributed by atoms with Crippen molar-refractivity contribution in [3.63, 3.8) is 0 Å². The van der Waals surface area contributed by atoms with Crippen molar-refractivity contribution in [1.82, 2.24) is 10.2 Å². The Morgan fingerprint density at radius 2 is 2.11 bits per heavy atom. The van der Waals surface area contributed by atoms with Gasteiger partial charge in [-0.1, -0.05) is 20.8 Å². The van der Waals surface area contributed by atoms with Gasteiger partial charge in [0.25, 0.3) is 0 Å². The van der Waals surface area contributed by atoms with Gasteiger partial charge in [0.05, 0.1) is 0 Å². The van der Waals surface area contributed by atoms with Crippen LogP contribution in [0.25, 0.3) is 0 Å². The van der Waals surface area contributed by atoms with Gasteiger partial charge in [-0.15, -0.1) is 0 Å². The molecule has 1 aliphatic heterocycles. The lowest BCUT2D eigenvalue weighted by molar-refractivity contribution is -0.122. The third-order valence-electron chi connectivity index (χ3n) is 3.90. The van der Waals surface area contributed by atoms with E-state index in [-0.39, 0.29) is 17.4 Å². The smallest absolute Gasteiger partial charge is 0.221 e. The molecule has 0 aromatic carbocycles. The largest absolute Gasteiger partial charge is 0.353 e. The van der Waals surface area contributed by atoms with E-state index in [9.17, 15) is 4.79 Å². The molecule has 3 unspecified atom stereocenters. The molecule has 0 spiro atoms. The number of hydrogen-bond donors (Lipinski definition) is 2. The topological polar surface area (TPSA) is 58.4 Å². The molecule has 0 radical (unpaired) electrons. The minimum atomic E-state index is -0.0383. The standard InChI is InChI=1S/C15H31N3O/c1-11-8-13(6-7-18(11)5)17-14(19)9-12(16)10-15(2,3)4/h11-13H,6-10,16H2,1-5H3,(H,17,19). The second kappa shape index (κ2) is 6.71. The normalized spacial score (nSPS) is 27.1. The van der Waals surface area contributed by atoms with Crippen molar-refractivity contribution in [3.8, 4) is 0 Å². The van der Waals surface area contributed by atoms with E-state index >= 15 is 0 Å². The van der Waals surface area contributed by atoms with Crippen LogP contribution >= 0.6 is 0 Å². The molecule has 1 fully saturated rings. The van der Waals surface area contributed by atoms with Gasteiger partial charge in [-0.2, -0.15) is 0 Å². The van der Waals surface area contributed by atoms with Crippen molar-refractivity contribution >= 4 is 5.91 Å². The van der Waals surface area contributed by atoms with E-state index in [1.807, 2.05) is 0 Å². The molecule has 3 atom stereocenters. The number of nitrogens with one attached hydrogen (secondary N) is 1. The van der Waals surface area contributed by atoms with Crippen LogP contribution in [0.2, 0.25) is 0 Å². The Bertz CT molecular complexity index is 298. The van der Waals surface area contributed by atoms with E-state index in [0.717, 1.165) is 25.8 Å². The van der Waals surface area contributed by atoms with E-state index in [1.165, 1.54) is 0 Å². The van der Waals surface area contributed by atoms with Gasteiger partial charge >= 0.3 is 0 Å². The number of rotatable bonds is 4. The third kappa shape index (κ3) is 6.39. The number of carbonyl (C=O) groups excluding carboxylic acids is 1. The Morgan fingerprint density at radius 1 is 1.47 bits per heavy atom. The first-order valence-corrected chi connectivity index (χ1v) is 7.42. The van der Waals surface area contributed by atoms with E-state index in [2.05, 4.69) is 45.0 Å². The summed E-state index contributed by atoms with van der Waals surface area (Å²) in [5.41, 5.74) is 6.23. The summed E-state index contributed by atoms with van der Waals surface area (Å²) in [5.74, 6) is 0.110. The van der Waals surface area contributed by atoms with Gasteiger partial charge < -0.3 is 16.0 Å². The van der Waals surface area contributed by atoms with Gasteiger partial charge in [-0.05, 0) is 38.6 Å². The second-order valence-electron chi connectivity index (χ2n) is 7.35. The maximum atomic E-state index is 12.0. The van der Waals surface area contributed by atoms with E-state index in [4.69, 9.17) is 5.73 Å². The van der Waals surface area contributed by atoms with Crippen LogP contribution in [0.1, 0.15) is 53.4 Å². The zero-order chi connectivity index (χ0) is 14.6. The fraction of sp³-hybridized carbons (Fsp3) is 0.933. The van der Waals surface area contributed by atoms with Crippen LogP contribution in [0.3, 0.4) is 0 Å². The lowest BCUT2D eigenvalue weighted by Crippen LogP contribution is -2.48. The molecule has 1 heterocycles. The molecule has 0 aromatic heterocycles. The number of hydrogen-bond acceptors (Lipinski definition) is 3. The summed E-state index contributed by atoms with van der Waals surface area (Å²) in [6, 6.07) is 0.825. The molecule has 112 valence electrons. The molecule has 1 aliphatic rings. The van der Waals surface area contributed by atoms with Gasteiger partial charge in [0, 0.05) is 31.1 Å². The summed E-state index contributed by atoms with van der Waals surface area (Å²) < 4.78 is 0. The van der Waals surface area contributed by atoms with Crippen molar-refractivity contribution in [3.05, 3.63) is 0 Å². The number of nitrogens with two attached hydrogens (primary N) is 1. The molecule has 0 bridgehead atoms. The van der Waals surface area contributed by atoms with Crippen LogP contribution in [0.5, 0.6) is 0 Å². The SMILES string of the molecule is CC1CC(NC(=O)CC(N)CC(C)(C)C)CCN1C. The van der Waals surface area contributed by atoms with E-state index in [1.54, 1.807) is 0 Å². The predicted octanol–water partition coefficient (Wildman–Crippen LogP) is 1.74. The minimum absolute atomic E-state index is 0.0383. The number of likely N-dealkylation sites (tertiary alicyclic amines) is 1. The second-order valence-corrected chi connectivity index (χ2v) is 7.35. The Morgan fingerprint density at radius 3 is 2.63 bits per heavy atom. The molecule has 0 aromatic rings. The minimum Gasteiger partial charge on any atom is -0.353 e. The Balaban J connectivity index is 2.31. The monoisotopic (exact) mass is 269 g/mol. The summed E-state index contributed by atoms with van der Waals surface area (Å²) >= 11 is 0. The summed E-state index contributed by atoms with van der Waals surface area (Å²) in [4.78, 5) is 14.3. The first-order valence-electron chi connectivity index (χ1n) is 7.42. The maximum Gasteiger partial charge on any atom is 0.221 e. The predicted molar refractivity (Wildman–Crippen MR) is 79.9 cm³/mol. The summed E-state index contributed by atoms with van der Waals surface area (Å²) in [6.07, 6.45) is 3.40. The average molecular weight is 269 g/mol. The van der Waals surface area contributed by atoms with Crippen LogP contribution in [0, 0.1) is 5.41 Å². The van der Waals surface area contributed by atoms with Gasteiger partial charge in [-0.25, -0.2) is 0 Å². The summed E-state index contributed by atoms with van der Waals surface area (Å²) in [7, 11) is 2.14. The summed E-state index contributed by atoms with van der Waals surface area (Å²) in [6.45, 7) is 9.74.